The Bertz CT molecular complexity index is 429. The normalized spacial score (nSPS) is 23.9. The summed E-state index contributed by atoms with van der Waals surface area (Å²) < 4.78 is 6.11. The summed E-state index contributed by atoms with van der Waals surface area (Å²) in [5, 5.41) is 0. The first kappa shape index (κ1) is 13.9. The van der Waals surface area contributed by atoms with Crippen LogP contribution in [0, 0.1) is 0 Å². The molecule has 0 saturated heterocycles. The molecule has 1 heterocycles. The summed E-state index contributed by atoms with van der Waals surface area (Å²) in [6, 6.07) is 8.41. The second-order valence-electron chi connectivity index (χ2n) is 6.23. The Balaban J connectivity index is 1.68. The number of fused-ring (bicyclic) bond motifs is 1. The molecular weight excluding hydrogens is 248 g/mol. The number of benzene rings is 1. The van der Waals surface area contributed by atoms with Gasteiger partial charge in [-0.05, 0) is 31.0 Å². The highest BCUT2D eigenvalue weighted by Gasteiger charge is 2.39. The summed E-state index contributed by atoms with van der Waals surface area (Å²) in [5.41, 5.74) is 7.70. The number of rotatable bonds is 5. The van der Waals surface area contributed by atoms with E-state index < -0.39 is 0 Å². The van der Waals surface area contributed by atoms with Crippen molar-refractivity contribution in [3.8, 4) is 5.75 Å². The highest BCUT2D eigenvalue weighted by molar-refractivity contribution is 5.37. The first-order valence-corrected chi connectivity index (χ1v) is 7.97. The molecule has 0 spiro atoms. The Morgan fingerprint density at radius 1 is 1.30 bits per heavy atom. The monoisotopic (exact) mass is 274 g/mol. The lowest BCUT2D eigenvalue weighted by Crippen LogP contribution is -2.54. The molecule has 1 fully saturated rings. The number of likely N-dealkylation sites (N-methyl/N-ethyl adjacent to an activating group) is 1. The minimum atomic E-state index is 0.229. The second kappa shape index (κ2) is 5.74. The largest absolute Gasteiger partial charge is 0.488 e. The van der Waals surface area contributed by atoms with Gasteiger partial charge in [-0.3, -0.25) is 4.90 Å². The first-order valence-electron chi connectivity index (χ1n) is 7.97. The third-order valence-electron chi connectivity index (χ3n) is 5.10. The van der Waals surface area contributed by atoms with Crippen molar-refractivity contribution < 1.29 is 4.74 Å². The summed E-state index contributed by atoms with van der Waals surface area (Å²) in [7, 11) is 0. The topological polar surface area (TPSA) is 38.5 Å². The van der Waals surface area contributed by atoms with E-state index in [9.17, 15) is 0 Å². The van der Waals surface area contributed by atoms with E-state index in [0.717, 1.165) is 31.8 Å². The lowest BCUT2D eigenvalue weighted by Gasteiger charge is -2.41. The van der Waals surface area contributed by atoms with Crippen LogP contribution in [0.1, 0.15) is 38.2 Å². The zero-order valence-electron chi connectivity index (χ0n) is 12.5. The maximum Gasteiger partial charge on any atom is 0.123 e. The van der Waals surface area contributed by atoms with Gasteiger partial charge in [-0.2, -0.15) is 0 Å². The van der Waals surface area contributed by atoms with Crippen LogP contribution in [0.3, 0.4) is 0 Å². The molecule has 110 valence electrons. The van der Waals surface area contributed by atoms with Gasteiger partial charge in [0.2, 0.25) is 0 Å². The van der Waals surface area contributed by atoms with Crippen molar-refractivity contribution in [2.45, 2.75) is 50.7 Å². The number of hydrogen-bond donors (Lipinski definition) is 1. The molecule has 3 heteroatoms. The van der Waals surface area contributed by atoms with Gasteiger partial charge in [0.25, 0.3) is 0 Å². The van der Waals surface area contributed by atoms with Crippen LogP contribution >= 0.6 is 0 Å². The molecule has 1 atom stereocenters. The van der Waals surface area contributed by atoms with Gasteiger partial charge in [0.1, 0.15) is 11.9 Å². The van der Waals surface area contributed by atoms with E-state index in [0.29, 0.717) is 0 Å². The Morgan fingerprint density at radius 2 is 2.05 bits per heavy atom. The van der Waals surface area contributed by atoms with E-state index in [1.54, 1.807) is 0 Å². The number of nitrogens with two attached hydrogens (primary N) is 1. The average Bonchev–Trinajstić information content (AvgIpc) is 3.11. The van der Waals surface area contributed by atoms with Crippen molar-refractivity contribution in [1.82, 2.24) is 4.90 Å². The van der Waals surface area contributed by atoms with Crippen molar-refractivity contribution in [1.29, 1.82) is 0 Å². The fourth-order valence-electron chi connectivity index (χ4n) is 3.94. The van der Waals surface area contributed by atoms with Gasteiger partial charge in [-0.15, -0.1) is 0 Å². The van der Waals surface area contributed by atoms with Crippen LogP contribution in [0.4, 0.5) is 0 Å². The summed E-state index contributed by atoms with van der Waals surface area (Å²) in [5.74, 6) is 1.07. The number of ether oxygens (including phenoxy) is 1. The molecule has 0 aromatic heterocycles. The van der Waals surface area contributed by atoms with Crippen molar-refractivity contribution >= 4 is 0 Å². The van der Waals surface area contributed by atoms with Gasteiger partial charge in [0, 0.05) is 25.0 Å². The van der Waals surface area contributed by atoms with Crippen LogP contribution in [0.2, 0.25) is 0 Å². The molecule has 1 aromatic rings. The lowest BCUT2D eigenvalue weighted by atomic mass is 9.94. The molecule has 1 unspecified atom stereocenters. The standard InChI is InChI=1S/C17H26N2O/c1-2-19(17(13-18)9-5-6-10-17)12-15-11-14-7-3-4-8-16(14)20-15/h3-4,7-8,15H,2,5-6,9-13,18H2,1H3. The average molecular weight is 274 g/mol. The van der Waals surface area contributed by atoms with Gasteiger partial charge in [-0.1, -0.05) is 38.0 Å². The third kappa shape index (κ3) is 2.45. The van der Waals surface area contributed by atoms with E-state index >= 15 is 0 Å². The predicted octanol–water partition coefficient (Wildman–Crippen LogP) is 2.58. The quantitative estimate of drug-likeness (QED) is 0.897. The third-order valence-corrected chi connectivity index (χ3v) is 5.10. The van der Waals surface area contributed by atoms with Crippen LogP contribution in [0.5, 0.6) is 5.75 Å². The molecule has 3 rings (SSSR count). The fourth-order valence-corrected chi connectivity index (χ4v) is 3.94. The van der Waals surface area contributed by atoms with Crippen LogP contribution in [-0.4, -0.2) is 36.2 Å². The number of nitrogens with zero attached hydrogens (tertiary/aromatic N) is 1. The van der Waals surface area contributed by atoms with Crippen molar-refractivity contribution in [3.05, 3.63) is 29.8 Å². The maximum atomic E-state index is 6.12. The van der Waals surface area contributed by atoms with E-state index in [-0.39, 0.29) is 11.6 Å². The summed E-state index contributed by atoms with van der Waals surface area (Å²) >= 11 is 0. The second-order valence-corrected chi connectivity index (χ2v) is 6.23. The summed E-state index contributed by atoms with van der Waals surface area (Å²) in [6.45, 7) is 5.09. The highest BCUT2D eigenvalue weighted by Crippen LogP contribution is 2.36. The van der Waals surface area contributed by atoms with E-state index in [1.165, 1.54) is 31.2 Å². The molecule has 1 aliphatic carbocycles. The molecular formula is C17H26N2O. The molecule has 0 bridgehead atoms. The zero-order valence-corrected chi connectivity index (χ0v) is 12.5. The maximum absolute atomic E-state index is 6.12. The van der Waals surface area contributed by atoms with Gasteiger partial charge in [-0.25, -0.2) is 0 Å². The Labute approximate surface area is 122 Å². The molecule has 3 nitrogen and oxygen atoms in total. The van der Waals surface area contributed by atoms with Crippen molar-refractivity contribution in [2.24, 2.45) is 5.73 Å². The number of para-hydroxylation sites is 1. The molecule has 1 saturated carbocycles. The molecule has 2 aliphatic rings. The molecule has 0 radical (unpaired) electrons. The zero-order chi connectivity index (χ0) is 14.0. The van der Waals surface area contributed by atoms with Gasteiger partial charge >= 0.3 is 0 Å². The van der Waals surface area contributed by atoms with Crippen molar-refractivity contribution in [3.63, 3.8) is 0 Å². The fraction of sp³-hybridized carbons (Fsp3) is 0.647. The summed E-state index contributed by atoms with van der Waals surface area (Å²) in [4.78, 5) is 2.58. The Morgan fingerprint density at radius 3 is 2.70 bits per heavy atom. The minimum absolute atomic E-state index is 0.229. The van der Waals surface area contributed by atoms with Crippen molar-refractivity contribution in [2.75, 3.05) is 19.6 Å². The van der Waals surface area contributed by atoms with Crippen LogP contribution in [-0.2, 0) is 6.42 Å². The van der Waals surface area contributed by atoms with E-state index in [2.05, 4.69) is 36.1 Å². The molecule has 1 aromatic carbocycles. The van der Waals surface area contributed by atoms with Gasteiger partial charge in [0.05, 0.1) is 0 Å². The highest BCUT2D eigenvalue weighted by atomic mass is 16.5. The Kier molecular flexibility index (Phi) is 3.99. The smallest absolute Gasteiger partial charge is 0.123 e. The lowest BCUT2D eigenvalue weighted by molar-refractivity contribution is 0.0608. The van der Waals surface area contributed by atoms with E-state index in [4.69, 9.17) is 10.5 Å². The predicted molar refractivity (Wildman–Crippen MR) is 82.1 cm³/mol. The molecule has 0 amide bonds. The SMILES string of the molecule is CCN(CC1Cc2ccccc2O1)C1(CN)CCCC1. The number of hydrogen-bond acceptors (Lipinski definition) is 3. The molecule has 2 N–H and O–H groups in total. The Hall–Kier alpha value is -1.06. The van der Waals surface area contributed by atoms with Crippen LogP contribution < -0.4 is 10.5 Å². The van der Waals surface area contributed by atoms with Gasteiger partial charge < -0.3 is 10.5 Å². The molecule has 1 aliphatic heterocycles. The van der Waals surface area contributed by atoms with E-state index in [1.807, 2.05) is 0 Å². The van der Waals surface area contributed by atoms with Crippen LogP contribution in [0.15, 0.2) is 24.3 Å². The first-order chi connectivity index (χ1) is 9.77. The van der Waals surface area contributed by atoms with Gasteiger partial charge in [0.15, 0.2) is 0 Å². The minimum Gasteiger partial charge on any atom is -0.488 e. The van der Waals surface area contributed by atoms with Crippen LogP contribution in [0.25, 0.3) is 0 Å². The summed E-state index contributed by atoms with van der Waals surface area (Å²) in [6.07, 6.45) is 6.46. The molecule has 20 heavy (non-hydrogen) atoms.